The summed E-state index contributed by atoms with van der Waals surface area (Å²) in [5, 5.41) is 7.67. The fourth-order valence-electron chi connectivity index (χ4n) is 2.12. The van der Waals surface area contributed by atoms with Crippen LogP contribution >= 0.6 is 0 Å². The van der Waals surface area contributed by atoms with E-state index in [-0.39, 0.29) is 11.9 Å². The quantitative estimate of drug-likeness (QED) is 0.896. The van der Waals surface area contributed by atoms with Crippen molar-refractivity contribution in [2.24, 2.45) is 0 Å². The summed E-state index contributed by atoms with van der Waals surface area (Å²) in [5.74, 6) is -0.164. The number of aryl methyl sites for hydroxylation is 2. The second-order valence-corrected chi connectivity index (χ2v) is 4.63. The summed E-state index contributed by atoms with van der Waals surface area (Å²) in [7, 11) is 0. The Labute approximate surface area is 113 Å². The molecule has 1 N–H and O–H groups in total. The Morgan fingerprint density at radius 2 is 2.11 bits per heavy atom. The summed E-state index contributed by atoms with van der Waals surface area (Å²) in [6.07, 6.45) is 3.85. The van der Waals surface area contributed by atoms with Crippen molar-refractivity contribution < 1.29 is 4.39 Å². The molecule has 1 aromatic heterocycles. The van der Waals surface area contributed by atoms with Gasteiger partial charge < -0.3 is 5.32 Å². The van der Waals surface area contributed by atoms with Gasteiger partial charge in [0.2, 0.25) is 0 Å². The first-order valence-electron chi connectivity index (χ1n) is 6.67. The number of halogens is 1. The fraction of sp³-hybridized carbons (Fsp3) is 0.400. The van der Waals surface area contributed by atoms with Crippen molar-refractivity contribution in [3.8, 4) is 0 Å². The lowest BCUT2D eigenvalue weighted by Crippen LogP contribution is -2.21. The topological polar surface area (TPSA) is 29.9 Å². The number of nitrogens with zero attached hydrogens (tertiary/aromatic N) is 2. The second-order valence-electron chi connectivity index (χ2n) is 4.63. The van der Waals surface area contributed by atoms with Gasteiger partial charge in [0.15, 0.2) is 0 Å². The maximum absolute atomic E-state index is 13.7. The van der Waals surface area contributed by atoms with Crippen LogP contribution in [0.4, 0.5) is 4.39 Å². The summed E-state index contributed by atoms with van der Waals surface area (Å²) in [6, 6.07) is 5.38. The van der Waals surface area contributed by atoms with Crippen LogP contribution in [0.2, 0.25) is 0 Å². The zero-order valence-electron chi connectivity index (χ0n) is 11.7. The van der Waals surface area contributed by atoms with Crippen LogP contribution in [-0.2, 0) is 6.54 Å². The molecule has 4 heteroatoms. The SMILES string of the molecule is CCNC(c1ccc(C)c(F)c1)c1cnn(CC)c1. The minimum absolute atomic E-state index is 0.0135. The summed E-state index contributed by atoms with van der Waals surface area (Å²) in [4.78, 5) is 0. The maximum Gasteiger partial charge on any atom is 0.126 e. The third-order valence-corrected chi connectivity index (χ3v) is 3.25. The lowest BCUT2D eigenvalue weighted by Gasteiger charge is -2.17. The standard InChI is InChI=1S/C15H20FN3/c1-4-17-15(13-9-18-19(5-2)10-13)12-7-6-11(3)14(16)8-12/h6-10,15,17H,4-5H2,1-3H3. The number of hydrogen-bond acceptors (Lipinski definition) is 2. The van der Waals surface area contributed by atoms with Gasteiger partial charge in [-0.15, -0.1) is 0 Å². The van der Waals surface area contributed by atoms with E-state index in [1.165, 1.54) is 0 Å². The van der Waals surface area contributed by atoms with Crippen LogP contribution in [0.15, 0.2) is 30.6 Å². The average molecular weight is 261 g/mol. The Balaban J connectivity index is 2.35. The molecular weight excluding hydrogens is 241 g/mol. The highest BCUT2D eigenvalue weighted by atomic mass is 19.1. The van der Waals surface area contributed by atoms with E-state index in [0.717, 1.165) is 24.2 Å². The van der Waals surface area contributed by atoms with Crippen molar-refractivity contribution in [2.75, 3.05) is 6.54 Å². The highest BCUT2D eigenvalue weighted by Crippen LogP contribution is 2.23. The molecule has 0 spiro atoms. The smallest absolute Gasteiger partial charge is 0.126 e. The van der Waals surface area contributed by atoms with Gasteiger partial charge >= 0.3 is 0 Å². The highest BCUT2D eigenvalue weighted by molar-refractivity contribution is 5.32. The number of nitrogens with one attached hydrogen (secondary N) is 1. The summed E-state index contributed by atoms with van der Waals surface area (Å²) >= 11 is 0. The van der Waals surface area contributed by atoms with Gasteiger partial charge in [-0.3, -0.25) is 4.68 Å². The molecule has 0 saturated carbocycles. The van der Waals surface area contributed by atoms with Crippen LogP contribution in [0.3, 0.4) is 0 Å². The number of aromatic nitrogens is 2. The van der Waals surface area contributed by atoms with Crippen molar-refractivity contribution >= 4 is 0 Å². The third kappa shape index (κ3) is 3.01. The van der Waals surface area contributed by atoms with Crippen molar-refractivity contribution in [2.45, 2.75) is 33.4 Å². The molecule has 1 heterocycles. The first-order chi connectivity index (χ1) is 9.15. The Morgan fingerprint density at radius 1 is 1.32 bits per heavy atom. The van der Waals surface area contributed by atoms with Gasteiger partial charge in [-0.25, -0.2) is 4.39 Å². The van der Waals surface area contributed by atoms with Crippen molar-refractivity contribution in [3.63, 3.8) is 0 Å². The molecule has 1 atom stereocenters. The second kappa shape index (κ2) is 5.97. The molecular formula is C15H20FN3. The zero-order chi connectivity index (χ0) is 13.8. The largest absolute Gasteiger partial charge is 0.306 e. The normalized spacial score (nSPS) is 12.6. The molecule has 0 aliphatic carbocycles. The molecule has 1 unspecified atom stereocenters. The summed E-state index contributed by atoms with van der Waals surface area (Å²) in [6.45, 7) is 7.52. The van der Waals surface area contributed by atoms with Crippen LogP contribution in [0.25, 0.3) is 0 Å². The number of benzene rings is 1. The van der Waals surface area contributed by atoms with Gasteiger partial charge in [0.1, 0.15) is 5.82 Å². The Bertz CT molecular complexity index is 548. The summed E-state index contributed by atoms with van der Waals surface area (Å²) < 4.78 is 15.6. The Kier molecular flexibility index (Phi) is 4.32. The van der Waals surface area contributed by atoms with Crippen LogP contribution in [-0.4, -0.2) is 16.3 Å². The van der Waals surface area contributed by atoms with E-state index in [4.69, 9.17) is 0 Å². The minimum atomic E-state index is -0.164. The molecule has 0 fully saturated rings. The molecule has 0 amide bonds. The summed E-state index contributed by atoms with van der Waals surface area (Å²) in [5.41, 5.74) is 2.66. The van der Waals surface area contributed by atoms with E-state index in [1.807, 2.05) is 43.1 Å². The molecule has 0 radical (unpaired) electrons. The lowest BCUT2D eigenvalue weighted by atomic mass is 10.00. The van der Waals surface area contributed by atoms with E-state index in [9.17, 15) is 4.39 Å². The minimum Gasteiger partial charge on any atom is -0.306 e. The van der Waals surface area contributed by atoms with Crippen molar-refractivity contribution in [1.82, 2.24) is 15.1 Å². The first kappa shape index (κ1) is 13.7. The van der Waals surface area contributed by atoms with E-state index in [1.54, 1.807) is 13.0 Å². The number of rotatable bonds is 5. The zero-order valence-corrected chi connectivity index (χ0v) is 11.7. The monoisotopic (exact) mass is 261 g/mol. The van der Waals surface area contributed by atoms with Crippen LogP contribution in [0.5, 0.6) is 0 Å². The van der Waals surface area contributed by atoms with Gasteiger partial charge in [0, 0.05) is 18.3 Å². The van der Waals surface area contributed by atoms with E-state index in [0.29, 0.717) is 5.56 Å². The molecule has 0 aliphatic heterocycles. The average Bonchev–Trinajstić information content (AvgIpc) is 2.88. The van der Waals surface area contributed by atoms with Gasteiger partial charge in [0.05, 0.1) is 12.2 Å². The Morgan fingerprint density at radius 3 is 2.68 bits per heavy atom. The van der Waals surface area contributed by atoms with E-state index >= 15 is 0 Å². The molecule has 0 aliphatic rings. The molecule has 1 aromatic carbocycles. The molecule has 0 bridgehead atoms. The van der Waals surface area contributed by atoms with Crippen molar-refractivity contribution in [1.29, 1.82) is 0 Å². The van der Waals surface area contributed by atoms with Crippen LogP contribution in [0, 0.1) is 12.7 Å². The van der Waals surface area contributed by atoms with Gasteiger partial charge in [0.25, 0.3) is 0 Å². The van der Waals surface area contributed by atoms with Gasteiger partial charge in [-0.1, -0.05) is 19.1 Å². The van der Waals surface area contributed by atoms with E-state index in [2.05, 4.69) is 10.4 Å². The highest BCUT2D eigenvalue weighted by Gasteiger charge is 2.16. The molecule has 3 nitrogen and oxygen atoms in total. The van der Waals surface area contributed by atoms with Crippen LogP contribution in [0.1, 0.15) is 36.6 Å². The van der Waals surface area contributed by atoms with E-state index < -0.39 is 0 Å². The first-order valence-corrected chi connectivity index (χ1v) is 6.67. The van der Waals surface area contributed by atoms with Gasteiger partial charge in [-0.05, 0) is 37.6 Å². The molecule has 2 rings (SSSR count). The predicted molar refractivity (Wildman–Crippen MR) is 74.6 cm³/mol. The Hall–Kier alpha value is -1.68. The predicted octanol–water partition coefficient (Wildman–Crippen LogP) is 3.05. The lowest BCUT2D eigenvalue weighted by molar-refractivity contribution is 0.596. The van der Waals surface area contributed by atoms with Gasteiger partial charge in [-0.2, -0.15) is 5.10 Å². The third-order valence-electron chi connectivity index (χ3n) is 3.25. The van der Waals surface area contributed by atoms with Crippen LogP contribution < -0.4 is 5.32 Å². The fourth-order valence-corrected chi connectivity index (χ4v) is 2.12. The molecule has 2 aromatic rings. The molecule has 19 heavy (non-hydrogen) atoms. The van der Waals surface area contributed by atoms with Crippen molar-refractivity contribution in [3.05, 3.63) is 53.1 Å². The number of hydrogen-bond donors (Lipinski definition) is 1. The molecule has 102 valence electrons. The maximum atomic E-state index is 13.7. The molecule has 0 saturated heterocycles.